The van der Waals surface area contributed by atoms with E-state index in [1.54, 1.807) is 0 Å². The molecule has 0 aliphatic rings. The van der Waals surface area contributed by atoms with Crippen LogP contribution in [0.2, 0.25) is 0 Å². The van der Waals surface area contributed by atoms with E-state index in [1.165, 1.54) is 5.56 Å². The van der Waals surface area contributed by atoms with Crippen LogP contribution in [0.5, 0.6) is 0 Å². The largest absolute Gasteiger partial charge is 0.394 e. The van der Waals surface area contributed by atoms with Gasteiger partial charge in [-0.05, 0) is 23.5 Å². The zero-order valence-corrected chi connectivity index (χ0v) is 12.9. The van der Waals surface area contributed by atoms with Crippen molar-refractivity contribution in [3.63, 3.8) is 0 Å². The Morgan fingerprint density at radius 1 is 1.00 bits per heavy atom. The van der Waals surface area contributed by atoms with Gasteiger partial charge in [-0.3, -0.25) is 4.79 Å². The van der Waals surface area contributed by atoms with Gasteiger partial charge >= 0.3 is 0 Å². The van der Waals surface area contributed by atoms with Gasteiger partial charge in [0.2, 0.25) is 5.91 Å². The van der Waals surface area contributed by atoms with Crippen LogP contribution in [-0.4, -0.2) is 17.6 Å². The number of carbonyl (C=O) groups excluding carboxylic acids is 1. The van der Waals surface area contributed by atoms with Crippen molar-refractivity contribution < 1.29 is 9.90 Å². The molecular formula is C19H23NO2. The maximum atomic E-state index is 12.3. The number of benzene rings is 2. The second-order valence-electron chi connectivity index (χ2n) is 5.43. The van der Waals surface area contributed by atoms with Crippen LogP contribution in [0.3, 0.4) is 0 Å². The fraction of sp³-hybridized carbons (Fsp3) is 0.316. The number of nitrogens with one attached hydrogen (secondary N) is 1. The average molecular weight is 297 g/mol. The van der Waals surface area contributed by atoms with E-state index in [2.05, 4.69) is 24.4 Å². The van der Waals surface area contributed by atoms with Gasteiger partial charge in [0.05, 0.1) is 12.6 Å². The van der Waals surface area contributed by atoms with Crippen molar-refractivity contribution in [3.05, 3.63) is 71.8 Å². The Labute approximate surface area is 132 Å². The summed E-state index contributed by atoms with van der Waals surface area (Å²) in [7, 11) is 0. The first-order chi connectivity index (χ1) is 10.7. The summed E-state index contributed by atoms with van der Waals surface area (Å²) in [6.07, 6.45) is 1.34. The molecule has 2 N–H and O–H groups in total. The zero-order chi connectivity index (χ0) is 15.8. The summed E-state index contributed by atoms with van der Waals surface area (Å²) in [4.78, 5) is 12.3. The van der Waals surface area contributed by atoms with Crippen LogP contribution in [0.15, 0.2) is 60.7 Å². The molecule has 0 aromatic heterocycles. The first kappa shape index (κ1) is 16.2. The first-order valence-electron chi connectivity index (χ1n) is 7.74. The summed E-state index contributed by atoms with van der Waals surface area (Å²) in [6, 6.07) is 19.3. The maximum Gasteiger partial charge on any atom is 0.221 e. The summed E-state index contributed by atoms with van der Waals surface area (Å²) >= 11 is 0. The number of aliphatic hydroxyl groups excluding tert-OH is 1. The minimum atomic E-state index is -0.345. The van der Waals surface area contributed by atoms with Crippen molar-refractivity contribution in [1.82, 2.24) is 5.32 Å². The summed E-state index contributed by atoms with van der Waals surface area (Å²) in [5, 5.41) is 12.5. The highest BCUT2D eigenvalue weighted by molar-refractivity contribution is 5.77. The van der Waals surface area contributed by atoms with E-state index >= 15 is 0 Å². The molecule has 0 saturated carbocycles. The molecule has 2 atom stereocenters. The van der Waals surface area contributed by atoms with Crippen LogP contribution in [0.4, 0.5) is 0 Å². The highest BCUT2D eigenvalue weighted by Gasteiger charge is 2.18. The van der Waals surface area contributed by atoms with Crippen molar-refractivity contribution in [2.24, 2.45) is 0 Å². The van der Waals surface area contributed by atoms with Crippen molar-refractivity contribution in [2.45, 2.75) is 31.7 Å². The van der Waals surface area contributed by atoms with E-state index in [1.807, 2.05) is 48.5 Å². The Morgan fingerprint density at radius 2 is 1.55 bits per heavy atom. The summed E-state index contributed by atoms with van der Waals surface area (Å²) < 4.78 is 0. The minimum Gasteiger partial charge on any atom is -0.394 e. The molecule has 0 unspecified atom stereocenters. The third-order valence-electron chi connectivity index (χ3n) is 3.92. The molecule has 0 bridgehead atoms. The number of carbonyl (C=O) groups is 1. The Hall–Kier alpha value is -2.13. The lowest BCUT2D eigenvalue weighted by molar-refractivity contribution is -0.122. The lowest BCUT2D eigenvalue weighted by atomic mass is 9.93. The van der Waals surface area contributed by atoms with E-state index in [-0.39, 0.29) is 24.5 Å². The fourth-order valence-electron chi connectivity index (χ4n) is 2.62. The molecule has 116 valence electrons. The zero-order valence-electron chi connectivity index (χ0n) is 12.9. The average Bonchev–Trinajstić information content (AvgIpc) is 2.59. The molecule has 0 spiro atoms. The van der Waals surface area contributed by atoms with Crippen molar-refractivity contribution in [3.8, 4) is 0 Å². The summed E-state index contributed by atoms with van der Waals surface area (Å²) in [5.41, 5.74) is 2.10. The number of hydrogen-bond donors (Lipinski definition) is 2. The quantitative estimate of drug-likeness (QED) is 0.822. The second kappa shape index (κ2) is 8.35. The molecule has 2 rings (SSSR count). The Balaban J connectivity index is 1.99. The van der Waals surface area contributed by atoms with Gasteiger partial charge in [-0.1, -0.05) is 67.6 Å². The van der Waals surface area contributed by atoms with Crippen LogP contribution in [-0.2, 0) is 4.79 Å². The molecule has 1 amide bonds. The van der Waals surface area contributed by atoms with Crippen LogP contribution in [0.1, 0.15) is 42.9 Å². The van der Waals surface area contributed by atoms with Gasteiger partial charge in [-0.15, -0.1) is 0 Å². The van der Waals surface area contributed by atoms with E-state index in [4.69, 9.17) is 0 Å². The molecule has 0 saturated heterocycles. The van der Waals surface area contributed by atoms with Crippen LogP contribution >= 0.6 is 0 Å². The molecular weight excluding hydrogens is 274 g/mol. The van der Waals surface area contributed by atoms with E-state index in [0.717, 1.165) is 12.0 Å². The molecule has 2 aromatic carbocycles. The molecule has 0 aliphatic carbocycles. The molecule has 0 fully saturated rings. The van der Waals surface area contributed by atoms with Crippen LogP contribution in [0.25, 0.3) is 0 Å². The topological polar surface area (TPSA) is 49.3 Å². The normalized spacial score (nSPS) is 13.4. The summed E-state index contributed by atoms with van der Waals surface area (Å²) in [5.74, 6) is 0.176. The number of aliphatic hydroxyl groups is 1. The lowest BCUT2D eigenvalue weighted by Crippen LogP contribution is -2.31. The van der Waals surface area contributed by atoms with Crippen molar-refractivity contribution >= 4 is 5.91 Å². The predicted molar refractivity (Wildman–Crippen MR) is 88.5 cm³/mol. The van der Waals surface area contributed by atoms with Gasteiger partial charge < -0.3 is 10.4 Å². The standard InChI is InChI=1S/C19H23NO2/c1-2-15(16-9-5-3-6-10-16)13-19(22)20-18(14-21)17-11-7-4-8-12-17/h3-12,15,18,21H,2,13-14H2,1H3,(H,20,22)/t15-,18-/m1/s1. The molecule has 0 radical (unpaired) electrons. The lowest BCUT2D eigenvalue weighted by Gasteiger charge is -2.20. The smallest absolute Gasteiger partial charge is 0.221 e. The third-order valence-corrected chi connectivity index (χ3v) is 3.92. The Kier molecular flexibility index (Phi) is 6.16. The van der Waals surface area contributed by atoms with Gasteiger partial charge in [-0.2, -0.15) is 0 Å². The van der Waals surface area contributed by atoms with Gasteiger partial charge in [0.25, 0.3) is 0 Å². The van der Waals surface area contributed by atoms with Gasteiger partial charge in [0.15, 0.2) is 0 Å². The van der Waals surface area contributed by atoms with Gasteiger partial charge in [0, 0.05) is 6.42 Å². The highest BCUT2D eigenvalue weighted by Crippen LogP contribution is 2.23. The number of hydrogen-bond acceptors (Lipinski definition) is 2. The Bertz CT molecular complexity index is 517. The molecule has 22 heavy (non-hydrogen) atoms. The van der Waals surface area contributed by atoms with Crippen molar-refractivity contribution in [1.29, 1.82) is 0 Å². The molecule has 0 heterocycles. The third kappa shape index (κ3) is 4.43. The number of amides is 1. The monoisotopic (exact) mass is 297 g/mol. The molecule has 2 aromatic rings. The van der Waals surface area contributed by atoms with Crippen molar-refractivity contribution in [2.75, 3.05) is 6.61 Å². The fourth-order valence-corrected chi connectivity index (χ4v) is 2.62. The predicted octanol–water partition coefficient (Wildman–Crippen LogP) is 3.42. The first-order valence-corrected chi connectivity index (χ1v) is 7.74. The molecule has 3 heteroatoms. The molecule has 3 nitrogen and oxygen atoms in total. The van der Waals surface area contributed by atoms with Crippen LogP contribution in [0, 0.1) is 0 Å². The summed E-state index contributed by atoms with van der Waals surface area (Å²) in [6.45, 7) is 1.99. The van der Waals surface area contributed by atoms with Crippen LogP contribution < -0.4 is 5.32 Å². The number of rotatable bonds is 7. The second-order valence-corrected chi connectivity index (χ2v) is 5.43. The maximum absolute atomic E-state index is 12.3. The van der Waals surface area contributed by atoms with E-state index in [0.29, 0.717) is 6.42 Å². The van der Waals surface area contributed by atoms with E-state index < -0.39 is 0 Å². The highest BCUT2D eigenvalue weighted by atomic mass is 16.3. The van der Waals surface area contributed by atoms with E-state index in [9.17, 15) is 9.90 Å². The minimum absolute atomic E-state index is 0.0291. The Morgan fingerprint density at radius 3 is 2.05 bits per heavy atom. The van der Waals surface area contributed by atoms with Gasteiger partial charge in [0.1, 0.15) is 0 Å². The van der Waals surface area contributed by atoms with Gasteiger partial charge in [-0.25, -0.2) is 0 Å². The SMILES string of the molecule is CC[C@H](CC(=O)N[C@H](CO)c1ccccc1)c1ccccc1. The molecule has 0 aliphatic heterocycles.